The second kappa shape index (κ2) is 5.53. The molecule has 96 valence electrons. The number of aromatic nitrogens is 2. The molecule has 1 rings (SSSR count). The second-order valence-electron chi connectivity index (χ2n) is 3.92. The highest BCUT2D eigenvalue weighted by atomic mass is 16.5. The quantitative estimate of drug-likeness (QED) is 0.621. The number of ether oxygens (including phenoxy) is 1. The van der Waals surface area contributed by atoms with Crippen molar-refractivity contribution in [1.29, 1.82) is 0 Å². The van der Waals surface area contributed by atoms with Crippen LogP contribution in [-0.2, 0) is 11.3 Å². The first-order valence-electron chi connectivity index (χ1n) is 5.36. The normalized spacial score (nSPS) is 11.0. The van der Waals surface area contributed by atoms with Crippen molar-refractivity contribution >= 4 is 11.8 Å². The molecule has 0 saturated carbocycles. The van der Waals surface area contributed by atoms with Crippen LogP contribution in [0.25, 0.3) is 0 Å². The fourth-order valence-corrected chi connectivity index (χ4v) is 1.47. The number of carboxylic acid groups (broad SMARTS) is 1. The summed E-state index contributed by atoms with van der Waals surface area (Å²) < 4.78 is 6.42. The van der Waals surface area contributed by atoms with Crippen molar-refractivity contribution in [2.45, 2.75) is 32.9 Å². The minimum Gasteiger partial charge on any atom is -0.476 e. The van der Waals surface area contributed by atoms with E-state index in [1.54, 1.807) is 0 Å². The van der Waals surface area contributed by atoms with E-state index < -0.39 is 11.7 Å². The molecule has 0 radical (unpaired) electrons. The fraction of sp³-hybridized carbons (Fsp3) is 0.600. The van der Waals surface area contributed by atoms with E-state index in [1.807, 2.05) is 13.8 Å². The highest BCUT2D eigenvalue weighted by molar-refractivity contribution is 5.90. The number of nitrogen functional groups attached to an aromatic ring is 1. The van der Waals surface area contributed by atoms with Crippen LogP contribution in [0.4, 0.5) is 5.82 Å². The molecule has 0 aliphatic carbocycles. The third kappa shape index (κ3) is 3.35. The van der Waals surface area contributed by atoms with Crippen LogP contribution in [0.3, 0.4) is 0 Å². The number of imidazole rings is 1. The fourth-order valence-electron chi connectivity index (χ4n) is 1.47. The van der Waals surface area contributed by atoms with Gasteiger partial charge in [-0.2, -0.15) is 0 Å². The summed E-state index contributed by atoms with van der Waals surface area (Å²) in [4.78, 5) is 24.6. The molecule has 4 N–H and O–H groups in total. The lowest BCUT2D eigenvalue weighted by atomic mass is 10.4. The van der Waals surface area contributed by atoms with Crippen molar-refractivity contribution in [3.05, 3.63) is 16.2 Å². The minimum absolute atomic E-state index is 0.113. The highest BCUT2D eigenvalue weighted by Crippen LogP contribution is 2.06. The van der Waals surface area contributed by atoms with Gasteiger partial charge in [-0.15, -0.1) is 0 Å². The molecule has 17 heavy (non-hydrogen) atoms. The third-order valence-electron chi connectivity index (χ3n) is 2.19. The van der Waals surface area contributed by atoms with Crippen molar-refractivity contribution in [2.75, 3.05) is 12.3 Å². The van der Waals surface area contributed by atoms with Gasteiger partial charge < -0.3 is 15.6 Å². The lowest BCUT2D eigenvalue weighted by Gasteiger charge is -2.08. The number of carboxylic acids is 1. The Morgan fingerprint density at radius 3 is 2.76 bits per heavy atom. The number of anilines is 1. The first kappa shape index (κ1) is 13.3. The van der Waals surface area contributed by atoms with Crippen LogP contribution in [0, 0.1) is 0 Å². The maximum atomic E-state index is 11.4. The second-order valence-corrected chi connectivity index (χ2v) is 3.92. The monoisotopic (exact) mass is 243 g/mol. The molecular formula is C10H17N3O4. The van der Waals surface area contributed by atoms with E-state index in [-0.39, 0.29) is 24.2 Å². The van der Waals surface area contributed by atoms with Gasteiger partial charge in [-0.1, -0.05) is 0 Å². The molecule has 1 aromatic rings. The van der Waals surface area contributed by atoms with Crippen LogP contribution < -0.4 is 11.4 Å². The average Bonchev–Trinajstić information content (AvgIpc) is 2.48. The van der Waals surface area contributed by atoms with E-state index >= 15 is 0 Å². The topological polar surface area (TPSA) is 110 Å². The lowest BCUT2D eigenvalue weighted by molar-refractivity contribution is 0.0670. The molecule has 0 saturated heterocycles. The van der Waals surface area contributed by atoms with Gasteiger partial charge in [0.1, 0.15) is 5.82 Å². The number of H-pyrrole nitrogens is 1. The zero-order chi connectivity index (χ0) is 13.0. The van der Waals surface area contributed by atoms with Crippen molar-refractivity contribution in [3.63, 3.8) is 0 Å². The summed E-state index contributed by atoms with van der Waals surface area (Å²) in [7, 11) is 0. The van der Waals surface area contributed by atoms with E-state index in [2.05, 4.69) is 4.98 Å². The van der Waals surface area contributed by atoms with Gasteiger partial charge in [0, 0.05) is 13.2 Å². The Labute approximate surface area is 98.2 Å². The highest BCUT2D eigenvalue weighted by Gasteiger charge is 2.17. The molecule has 7 heteroatoms. The van der Waals surface area contributed by atoms with E-state index in [1.165, 1.54) is 0 Å². The van der Waals surface area contributed by atoms with Crippen molar-refractivity contribution in [1.82, 2.24) is 9.55 Å². The summed E-state index contributed by atoms with van der Waals surface area (Å²) in [5.41, 5.74) is 4.70. The maximum Gasteiger partial charge on any atom is 0.356 e. The molecule has 0 atom stereocenters. The molecule has 0 aliphatic heterocycles. The van der Waals surface area contributed by atoms with Crippen LogP contribution >= 0.6 is 0 Å². The van der Waals surface area contributed by atoms with E-state index in [0.29, 0.717) is 13.0 Å². The van der Waals surface area contributed by atoms with Crippen LogP contribution in [0.1, 0.15) is 30.8 Å². The molecular weight excluding hydrogens is 226 g/mol. The van der Waals surface area contributed by atoms with Crippen LogP contribution in [-0.4, -0.2) is 33.3 Å². The number of aromatic amines is 1. The van der Waals surface area contributed by atoms with Gasteiger partial charge in [0.05, 0.1) is 6.10 Å². The molecule has 0 bridgehead atoms. The van der Waals surface area contributed by atoms with E-state index in [0.717, 1.165) is 4.57 Å². The van der Waals surface area contributed by atoms with Gasteiger partial charge in [-0.3, -0.25) is 9.55 Å². The summed E-state index contributed by atoms with van der Waals surface area (Å²) in [6.07, 6.45) is 0.664. The molecule has 0 fully saturated rings. The van der Waals surface area contributed by atoms with Crippen molar-refractivity contribution in [3.8, 4) is 0 Å². The van der Waals surface area contributed by atoms with Crippen molar-refractivity contribution < 1.29 is 14.6 Å². The number of hydrogen-bond acceptors (Lipinski definition) is 4. The summed E-state index contributed by atoms with van der Waals surface area (Å²) in [5, 5.41) is 8.91. The molecule has 1 aromatic heterocycles. The smallest absolute Gasteiger partial charge is 0.356 e. The average molecular weight is 243 g/mol. The number of nitrogens with zero attached hydrogens (tertiary/aromatic N) is 1. The van der Waals surface area contributed by atoms with Crippen LogP contribution in [0.5, 0.6) is 0 Å². The zero-order valence-electron chi connectivity index (χ0n) is 9.90. The number of nitrogens with one attached hydrogen (secondary N) is 1. The minimum atomic E-state index is -1.22. The Hall–Kier alpha value is -1.76. The molecule has 0 aliphatic rings. The number of hydrogen-bond donors (Lipinski definition) is 3. The van der Waals surface area contributed by atoms with Crippen molar-refractivity contribution in [2.24, 2.45) is 0 Å². The van der Waals surface area contributed by atoms with Gasteiger partial charge in [-0.05, 0) is 20.3 Å². The standard InChI is InChI=1S/C10H17N3O4/c1-6(2)17-5-3-4-13-7(9(14)15)8(11)12-10(13)16/h6H,3-5,11H2,1-2H3,(H,12,16)(H,14,15). The summed E-state index contributed by atoms with van der Waals surface area (Å²) in [6, 6.07) is 0. The predicted molar refractivity (Wildman–Crippen MR) is 62.1 cm³/mol. The summed E-state index contributed by atoms with van der Waals surface area (Å²) >= 11 is 0. The Balaban J connectivity index is 2.70. The Bertz CT molecular complexity index is 447. The molecule has 0 unspecified atom stereocenters. The molecule has 0 aromatic carbocycles. The molecule has 0 amide bonds. The summed E-state index contributed by atoms with van der Waals surface area (Å²) in [5.74, 6) is -1.34. The number of nitrogens with two attached hydrogens (primary N) is 1. The zero-order valence-corrected chi connectivity index (χ0v) is 9.90. The largest absolute Gasteiger partial charge is 0.476 e. The van der Waals surface area contributed by atoms with Gasteiger partial charge in [0.15, 0.2) is 5.69 Å². The van der Waals surface area contributed by atoms with Crippen LogP contribution in [0.15, 0.2) is 4.79 Å². The van der Waals surface area contributed by atoms with Gasteiger partial charge in [0.25, 0.3) is 0 Å². The lowest BCUT2D eigenvalue weighted by Crippen LogP contribution is -2.22. The number of carbonyl (C=O) groups is 1. The first-order chi connectivity index (χ1) is 7.93. The predicted octanol–water partition coefficient (Wildman–Crippen LogP) is 0.272. The molecule has 7 nitrogen and oxygen atoms in total. The number of aromatic carboxylic acids is 1. The Morgan fingerprint density at radius 2 is 2.24 bits per heavy atom. The maximum absolute atomic E-state index is 11.4. The first-order valence-corrected chi connectivity index (χ1v) is 5.36. The van der Waals surface area contributed by atoms with Crippen LogP contribution in [0.2, 0.25) is 0 Å². The molecule has 0 spiro atoms. The molecule has 1 heterocycles. The summed E-state index contributed by atoms with van der Waals surface area (Å²) in [6.45, 7) is 4.54. The number of rotatable bonds is 6. The Kier molecular flexibility index (Phi) is 4.33. The Morgan fingerprint density at radius 1 is 1.59 bits per heavy atom. The van der Waals surface area contributed by atoms with E-state index in [4.69, 9.17) is 15.6 Å². The van der Waals surface area contributed by atoms with E-state index in [9.17, 15) is 9.59 Å². The van der Waals surface area contributed by atoms with Gasteiger partial charge in [0.2, 0.25) is 0 Å². The SMILES string of the molecule is CC(C)OCCCn1c(C(=O)O)c(N)[nH]c1=O. The van der Waals surface area contributed by atoms with Gasteiger partial charge in [-0.25, -0.2) is 9.59 Å². The van der Waals surface area contributed by atoms with Gasteiger partial charge >= 0.3 is 11.7 Å². The third-order valence-corrected chi connectivity index (χ3v) is 2.19.